The molecule has 2 aromatic rings. The Balaban J connectivity index is 1.40. The number of amides is 2. The fourth-order valence-corrected chi connectivity index (χ4v) is 4.24. The van der Waals surface area contributed by atoms with E-state index < -0.39 is 0 Å². The number of anilines is 1. The number of likely N-dealkylation sites (tertiary alicyclic amines) is 1. The molecule has 2 saturated heterocycles. The molecule has 2 amide bonds. The summed E-state index contributed by atoms with van der Waals surface area (Å²) in [6, 6.07) is 10.8. The Hall–Kier alpha value is -3.46. The average molecular weight is 471 g/mol. The van der Waals surface area contributed by atoms with Crippen molar-refractivity contribution in [1.82, 2.24) is 4.90 Å². The first-order valence-electron chi connectivity index (χ1n) is 11.3. The number of benzene rings is 2. The number of nitrogens with one attached hydrogen (secondary N) is 1. The van der Waals surface area contributed by atoms with Crippen LogP contribution in [0.1, 0.15) is 30.7 Å². The van der Waals surface area contributed by atoms with Crippen LogP contribution >= 0.6 is 0 Å². The van der Waals surface area contributed by atoms with Gasteiger partial charge in [-0.3, -0.25) is 9.59 Å². The maximum atomic E-state index is 12.7. The van der Waals surface area contributed by atoms with Crippen LogP contribution in [-0.4, -0.2) is 64.0 Å². The molecule has 1 N–H and O–H groups in total. The predicted molar refractivity (Wildman–Crippen MR) is 125 cm³/mol. The van der Waals surface area contributed by atoms with Crippen molar-refractivity contribution in [2.45, 2.75) is 31.5 Å². The van der Waals surface area contributed by atoms with Crippen LogP contribution in [0.2, 0.25) is 0 Å². The van der Waals surface area contributed by atoms with E-state index in [4.69, 9.17) is 23.7 Å². The minimum Gasteiger partial charge on any atom is -0.497 e. The molecule has 2 unspecified atom stereocenters. The van der Waals surface area contributed by atoms with E-state index in [2.05, 4.69) is 5.32 Å². The Labute approximate surface area is 198 Å². The molecule has 0 radical (unpaired) electrons. The molecule has 0 bridgehead atoms. The van der Waals surface area contributed by atoms with Crippen molar-refractivity contribution in [2.75, 3.05) is 46.3 Å². The van der Waals surface area contributed by atoms with Gasteiger partial charge < -0.3 is 33.9 Å². The van der Waals surface area contributed by atoms with E-state index in [1.165, 1.54) is 7.11 Å². The minimum absolute atomic E-state index is 0.0417. The van der Waals surface area contributed by atoms with Gasteiger partial charge in [0.25, 0.3) is 0 Å². The number of nitrogens with zero attached hydrogens (tertiary/aromatic N) is 1. The lowest BCUT2D eigenvalue weighted by Crippen LogP contribution is -2.34. The second kappa shape index (κ2) is 10.6. The first kappa shape index (κ1) is 23.7. The molecular weight excluding hydrogens is 440 g/mol. The number of hydrogen-bond acceptors (Lipinski definition) is 7. The lowest BCUT2D eigenvalue weighted by molar-refractivity contribution is -0.131. The highest BCUT2D eigenvalue weighted by Crippen LogP contribution is 2.36. The van der Waals surface area contributed by atoms with Crippen LogP contribution in [0.4, 0.5) is 5.69 Å². The predicted octanol–water partition coefficient (Wildman–Crippen LogP) is 3.18. The summed E-state index contributed by atoms with van der Waals surface area (Å²) in [5, 5.41) is 2.82. The summed E-state index contributed by atoms with van der Waals surface area (Å²) in [4.78, 5) is 26.9. The van der Waals surface area contributed by atoms with E-state index in [0.717, 1.165) is 18.4 Å². The highest BCUT2D eigenvalue weighted by molar-refractivity contribution is 5.96. The molecule has 2 fully saturated rings. The molecule has 9 heteroatoms. The molecule has 0 spiro atoms. The van der Waals surface area contributed by atoms with Gasteiger partial charge in [-0.2, -0.15) is 0 Å². The Bertz CT molecular complexity index is 1040. The third kappa shape index (κ3) is 5.36. The van der Waals surface area contributed by atoms with Crippen LogP contribution in [-0.2, 0) is 14.3 Å². The van der Waals surface area contributed by atoms with Crippen LogP contribution in [0.25, 0.3) is 0 Å². The van der Waals surface area contributed by atoms with Gasteiger partial charge in [0.1, 0.15) is 11.5 Å². The lowest BCUT2D eigenvalue weighted by Gasteiger charge is -2.19. The first-order chi connectivity index (χ1) is 16.5. The van der Waals surface area contributed by atoms with Gasteiger partial charge in [0.05, 0.1) is 40.2 Å². The smallest absolute Gasteiger partial charge is 0.244 e. The van der Waals surface area contributed by atoms with Crippen molar-refractivity contribution < 1.29 is 33.3 Å². The topological polar surface area (TPSA) is 95.6 Å². The van der Waals surface area contributed by atoms with Gasteiger partial charge in [0, 0.05) is 31.4 Å². The Morgan fingerprint density at radius 3 is 2.59 bits per heavy atom. The molecule has 2 aromatic carbocycles. The second-order valence-corrected chi connectivity index (χ2v) is 8.26. The summed E-state index contributed by atoms with van der Waals surface area (Å²) < 4.78 is 27.5. The summed E-state index contributed by atoms with van der Waals surface area (Å²) in [5.41, 5.74) is 1.48. The highest BCUT2D eigenvalue weighted by Gasteiger charge is 2.32. The maximum absolute atomic E-state index is 12.7. The molecule has 0 aliphatic carbocycles. The van der Waals surface area contributed by atoms with Crippen molar-refractivity contribution in [3.63, 3.8) is 0 Å². The van der Waals surface area contributed by atoms with Crippen molar-refractivity contribution in [1.29, 1.82) is 0 Å². The van der Waals surface area contributed by atoms with Gasteiger partial charge in [-0.1, -0.05) is 6.07 Å². The maximum Gasteiger partial charge on any atom is 0.244 e. The summed E-state index contributed by atoms with van der Waals surface area (Å²) in [6.07, 6.45) is 1.83. The van der Waals surface area contributed by atoms with E-state index in [0.29, 0.717) is 48.3 Å². The molecular formula is C25H30N2O7. The lowest BCUT2D eigenvalue weighted by atomic mass is 9.98. The van der Waals surface area contributed by atoms with Gasteiger partial charge in [-0.15, -0.1) is 0 Å². The molecule has 2 heterocycles. The molecule has 2 aliphatic heterocycles. The zero-order chi connectivity index (χ0) is 24.1. The largest absolute Gasteiger partial charge is 0.497 e. The van der Waals surface area contributed by atoms with Gasteiger partial charge in [-0.25, -0.2) is 0 Å². The van der Waals surface area contributed by atoms with Crippen LogP contribution < -0.4 is 24.3 Å². The van der Waals surface area contributed by atoms with Gasteiger partial charge in [0.2, 0.25) is 11.8 Å². The summed E-state index contributed by atoms with van der Waals surface area (Å²) in [7, 11) is 4.67. The number of carbonyl (C=O) groups excluding carboxylic acids is 2. The van der Waals surface area contributed by atoms with Crippen LogP contribution in [0.5, 0.6) is 23.0 Å². The van der Waals surface area contributed by atoms with E-state index >= 15 is 0 Å². The van der Waals surface area contributed by atoms with Crippen molar-refractivity contribution in [3.05, 3.63) is 42.0 Å². The monoisotopic (exact) mass is 470 g/mol. The second-order valence-electron chi connectivity index (χ2n) is 8.26. The van der Waals surface area contributed by atoms with Crippen molar-refractivity contribution in [3.8, 4) is 23.0 Å². The first-order valence-corrected chi connectivity index (χ1v) is 11.3. The van der Waals surface area contributed by atoms with Crippen molar-refractivity contribution in [2.24, 2.45) is 0 Å². The van der Waals surface area contributed by atoms with Gasteiger partial charge in [0.15, 0.2) is 17.8 Å². The zero-order valence-electron chi connectivity index (χ0n) is 19.7. The molecule has 0 saturated carbocycles. The summed E-state index contributed by atoms with van der Waals surface area (Å²) in [6.45, 7) is 1.08. The molecule has 2 aliphatic rings. The molecule has 0 aromatic heterocycles. The third-order valence-corrected chi connectivity index (χ3v) is 6.04. The standard InChI is InChI=1S/C25H30N2O7/c1-30-18-7-8-19(21(13-18)32-3)26-23(28)15-27-14-17(12-24(27)29)16-6-9-20(31-2)22(11-16)34-25-5-4-10-33-25/h6-9,11,13,17,25H,4-5,10,12,14-15H2,1-3H3,(H,26,28). The van der Waals surface area contributed by atoms with Crippen molar-refractivity contribution >= 4 is 17.5 Å². The average Bonchev–Trinajstić information content (AvgIpc) is 3.49. The van der Waals surface area contributed by atoms with Gasteiger partial charge >= 0.3 is 0 Å². The van der Waals surface area contributed by atoms with Crippen LogP contribution in [0, 0.1) is 0 Å². The number of methoxy groups -OCH3 is 3. The molecule has 4 rings (SSSR count). The minimum atomic E-state index is -0.297. The SMILES string of the molecule is COc1ccc(NC(=O)CN2CC(c3ccc(OC)c(OC4CCCO4)c3)CC2=O)c(OC)c1. The van der Waals surface area contributed by atoms with E-state index in [-0.39, 0.29) is 30.6 Å². The molecule has 9 nitrogen and oxygen atoms in total. The number of carbonyl (C=O) groups is 2. The number of ether oxygens (including phenoxy) is 5. The van der Waals surface area contributed by atoms with E-state index in [9.17, 15) is 9.59 Å². The number of hydrogen-bond donors (Lipinski definition) is 1. The Morgan fingerprint density at radius 1 is 1.06 bits per heavy atom. The highest BCUT2D eigenvalue weighted by atomic mass is 16.7. The van der Waals surface area contributed by atoms with Crippen LogP contribution in [0.3, 0.4) is 0 Å². The van der Waals surface area contributed by atoms with Gasteiger partial charge in [-0.05, 0) is 36.2 Å². The van der Waals surface area contributed by atoms with E-state index in [1.807, 2.05) is 18.2 Å². The Morgan fingerprint density at radius 2 is 1.88 bits per heavy atom. The number of rotatable bonds is 9. The fraction of sp³-hybridized carbons (Fsp3) is 0.440. The Kier molecular flexibility index (Phi) is 7.42. The summed E-state index contributed by atoms with van der Waals surface area (Å²) >= 11 is 0. The summed E-state index contributed by atoms with van der Waals surface area (Å²) in [5.74, 6) is 1.91. The normalized spacial score (nSPS) is 19.7. The van der Waals surface area contributed by atoms with Crippen LogP contribution in [0.15, 0.2) is 36.4 Å². The quantitative estimate of drug-likeness (QED) is 0.601. The molecule has 34 heavy (non-hydrogen) atoms. The third-order valence-electron chi connectivity index (χ3n) is 6.04. The zero-order valence-corrected chi connectivity index (χ0v) is 19.7. The molecule has 182 valence electrons. The molecule has 2 atom stereocenters. The fourth-order valence-electron chi connectivity index (χ4n) is 4.24. The van der Waals surface area contributed by atoms with E-state index in [1.54, 1.807) is 37.3 Å².